The van der Waals surface area contributed by atoms with E-state index >= 15 is 0 Å². The van der Waals surface area contributed by atoms with E-state index in [1.807, 2.05) is 13.0 Å². The van der Waals surface area contributed by atoms with E-state index in [9.17, 15) is 0 Å². The molecule has 0 saturated heterocycles. The molecule has 0 radical (unpaired) electrons. The maximum absolute atomic E-state index is 9.15. The number of methoxy groups -OCH3 is 1. The van der Waals surface area contributed by atoms with Gasteiger partial charge in [0.2, 0.25) is 5.88 Å². The molecule has 4 nitrogen and oxygen atoms in total. The second kappa shape index (κ2) is 4.10. The monoisotopic (exact) mass is 229 g/mol. The van der Waals surface area contributed by atoms with Crippen LogP contribution in [0.2, 0.25) is 0 Å². The Balaban J connectivity index is 2.91. The van der Waals surface area contributed by atoms with Gasteiger partial charge in [0.25, 0.3) is 0 Å². The number of aromatic nitrogens is 2. The minimum Gasteiger partial charge on any atom is -0.481 e. The summed E-state index contributed by atoms with van der Waals surface area (Å²) in [5, 5.41) is 13.4. The SMILES string of the molecule is COc1cc(C)c2c(C(C)C)c(C#N)cnn12. The third-order valence-corrected chi connectivity index (χ3v) is 2.89. The summed E-state index contributed by atoms with van der Waals surface area (Å²) < 4.78 is 7.03. The molecule has 17 heavy (non-hydrogen) atoms. The lowest BCUT2D eigenvalue weighted by atomic mass is 9.97. The Morgan fingerprint density at radius 1 is 1.47 bits per heavy atom. The largest absolute Gasteiger partial charge is 0.481 e. The van der Waals surface area contributed by atoms with E-state index in [1.54, 1.807) is 17.8 Å². The molecule has 0 spiro atoms. The Labute approximate surface area is 100 Å². The molecule has 2 aromatic heterocycles. The van der Waals surface area contributed by atoms with Crippen LogP contribution >= 0.6 is 0 Å². The van der Waals surface area contributed by atoms with Gasteiger partial charge < -0.3 is 4.74 Å². The van der Waals surface area contributed by atoms with E-state index < -0.39 is 0 Å². The number of nitrogens with zero attached hydrogens (tertiary/aromatic N) is 3. The molecule has 2 rings (SSSR count). The predicted octanol–water partition coefficient (Wildman–Crippen LogP) is 2.65. The number of fused-ring (bicyclic) bond motifs is 1. The first kappa shape index (κ1) is 11.5. The maximum Gasteiger partial charge on any atom is 0.215 e. The summed E-state index contributed by atoms with van der Waals surface area (Å²) in [6.07, 6.45) is 1.60. The highest BCUT2D eigenvalue weighted by molar-refractivity contribution is 5.68. The number of aryl methyl sites for hydroxylation is 1. The topological polar surface area (TPSA) is 50.3 Å². The minimum atomic E-state index is 0.272. The van der Waals surface area contributed by atoms with Gasteiger partial charge in [0.15, 0.2) is 0 Å². The van der Waals surface area contributed by atoms with E-state index in [4.69, 9.17) is 10.00 Å². The molecule has 0 unspecified atom stereocenters. The first-order valence-electron chi connectivity index (χ1n) is 5.55. The van der Waals surface area contributed by atoms with Gasteiger partial charge in [-0.25, -0.2) is 4.52 Å². The van der Waals surface area contributed by atoms with Crippen molar-refractivity contribution in [1.29, 1.82) is 5.26 Å². The molecule has 0 atom stereocenters. The van der Waals surface area contributed by atoms with Crippen LogP contribution in [0.25, 0.3) is 5.52 Å². The lowest BCUT2D eigenvalue weighted by molar-refractivity contribution is 0.387. The molecule has 2 aromatic rings. The van der Waals surface area contributed by atoms with Gasteiger partial charge in [-0.05, 0) is 18.4 Å². The quantitative estimate of drug-likeness (QED) is 0.795. The van der Waals surface area contributed by atoms with E-state index in [0.717, 1.165) is 16.6 Å². The Hall–Kier alpha value is -2.02. The van der Waals surface area contributed by atoms with Gasteiger partial charge in [0.1, 0.15) is 6.07 Å². The second-order valence-electron chi connectivity index (χ2n) is 4.37. The van der Waals surface area contributed by atoms with Crippen molar-refractivity contribution in [2.24, 2.45) is 0 Å². The highest BCUT2D eigenvalue weighted by Gasteiger charge is 2.17. The van der Waals surface area contributed by atoms with Crippen LogP contribution in [-0.2, 0) is 0 Å². The van der Waals surface area contributed by atoms with Crippen molar-refractivity contribution in [3.8, 4) is 11.9 Å². The van der Waals surface area contributed by atoms with Gasteiger partial charge >= 0.3 is 0 Å². The van der Waals surface area contributed by atoms with Crippen molar-refractivity contribution in [1.82, 2.24) is 9.61 Å². The van der Waals surface area contributed by atoms with Crippen LogP contribution in [0.1, 0.15) is 36.5 Å². The summed E-state index contributed by atoms with van der Waals surface area (Å²) in [6, 6.07) is 4.15. The molecule has 0 aromatic carbocycles. The minimum absolute atomic E-state index is 0.272. The highest BCUT2D eigenvalue weighted by atomic mass is 16.5. The van der Waals surface area contributed by atoms with Crippen molar-refractivity contribution < 1.29 is 4.74 Å². The molecule has 2 heterocycles. The number of hydrogen-bond donors (Lipinski definition) is 0. The van der Waals surface area contributed by atoms with Crippen LogP contribution in [0.15, 0.2) is 12.3 Å². The predicted molar refractivity (Wildman–Crippen MR) is 65.3 cm³/mol. The fourth-order valence-corrected chi connectivity index (χ4v) is 2.16. The standard InChI is InChI=1S/C13H15N3O/c1-8(2)12-10(6-14)7-15-16-11(17-4)5-9(3)13(12)16/h5,7-8H,1-4H3. The summed E-state index contributed by atoms with van der Waals surface area (Å²) in [7, 11) is 1.62. The molecule has 0 aliphatic rings. The van der Waals surface area contributed by atoms with E-state index in [-0.39, 0.29) is 5.92 Å². The summed E-state index contributed by atoms with van der Waals surface area (Å²) in [6.45, 7) is 6.16. The summed E-state index contributed by atoms with van der Waals surface area (Å²) in [5.41, 5.74) is 3.73. The van der Waals surface area contributed by atoms with Gasteiger partial charge in [-0.1, -0.05) is 13.8 Å². The van der Waals surface area contributed by atoms with Gasteiger partial charge in [0.05, 0.1) is 24.4 Å². The maximum atomic E-state index is 9.15. The molecule has 0 bridgehead atoms. The fourth-order valence-electron chi connectivity index (χ4n) is 2.16. The van der Waals surface area contributed by atoms with Crippen molar-refractivity contribution in [2.75, 3.05) is 7.11 Å². The lowest BCUT2D eigenvalue weighted by Gasteiger charge is -2.11. The van der Waals surface area contributed by atoms with Crippen molar-refractivity contribution in [3.63, 3.8) is 0 Å². The molecule has 0 N–H and O–H groups in total. The summed E-state index contributed by atoms with van der Waals surface area (Å²) in [4.78, 5) is 0. The third-order valence-electron chi connectivity index (χ3n) is 2.89. The van der Waals surface area contributed by atoms with E-state index in [1.165, 1.54) is 0 Å². The van der Waals surface area contributed by atoms with Crippen molar-refractivity contribution in [2.45, 2.75) is 26.7 Å². The van der Waals surface area contributed by atoms with Crippen LogP contribution in [0.3, 0.4) is 0 Å². The molecular weight excluding hydrogens is 214 g/mol. The average molecular weight is 229 g/mol. The second-order valence-corrected chi connectivity index (χ2v) is 4.37. The van der Waals surface area contributed by atoms with Gasteiger partial charge in [-0.2, -0.15) is 10.4 Å². The Kier molecular flexibility index (Phi) is 2.76. The lowest BCUT2D eigenvalue weighted by Crippen LogP contribution is -2.03. The smallest absolute Gasteiger partial charge is 0.215 e. The van der Waals surface area contributed by atoms with Crippen LogP contribution in [0.5, 0.6) is 5.88 Å². The van der Waals surface area contributed by atoms with Gasteiger partial charge in [-0.3, -0.25) is 0 Å². The fraction of sp³-hybridized carbons (Fsp3) is 0.385. The van der Waals surface area contributed by atoms with Crippen molar-refractivity contribution >= 4 is 5.52 Å². The number of ether oxygens (including phenoxy) is 1. The van der Waals surface area contributed by atoms with Crippen LogP contribution in [-0.4, -0.2) is 16.7 Å². The van der Waals surface area contributed by atoms with Crippen LogP contribution < -0.4 is 4.74 Å². The average Bonchev–Trinajstić information content (AvgIpc) is 2.64. The molecule has 0 aliphatic carbocycles. The van der Waals surface area contributed by atoms with Crippen molar-refractivity contribution in [3.05, 3.63) is 29.0 Å². The summed E-state index contributed by atoms with van der Waals surface area (Å²) >= 11 is 0. The molecular formula is C13H15N3O. The zero-order valence-corrected chi connectivity index (χ0v) is 10.5. The zero-order chi connectivity index (χ0) is 12.6. The first-order chi connectivity index (χ1) is 8.10. The molecule has 0 fully saturated rings. The van der Waals surface area contributed by atoms with Gasteiger partial charge in [-0.15, -0.1) is 0 Å². The molecule has 0 amide bonds. The van der Waals surface area contributed by atoms with Gasteiger partial charge in [0, 0.05) is 11.6 Å². The Bertz CT molecular complexity index is 605. The van der Waals surface area contributed by atoms with E-state index in [2.05, 4.69) is 25.0 Å². The zero-order valence-electron chi connectivity index (χ0n) is 10.5. The molecule has 0 aliphatic heterocycles. The first-order valence-corrected chi connectivity index (χ1v) is 5.55. The highest BCUT2D eigenvalue weighted by Crippen LogP contribution is 2.30. The normalized spacial score (nSPS) is 10.8. The Morgan fingerprint density at radius 2 is 2.18 bits per heavy atom. The summed E-state index contributed by atoms with van der Waals surface area (Å²) in [5.74, 6) is 0.970. The van der Waals surface area contributed by atoms with E-state index in [0.29, 0.717) is 11.4 Å². The molecule has 4 heteroatoms. The Morgan fingerprint density at radius 3 is 2.71 bits per heavy atom. The molecule has 88 valence electrons. The van der Waals surface area contributed by atoms with Crippen LogP contribution in [0.4, 0.5) is 0 Å². The van der Waals surface area contributed by atoms with Crippen LogP contribution in [0, 0.1) is 18.3 Å². The number of rotatable bonds is 2. The number of nitriles is 1. The molecule has 0 saturated carbocycles. The number of hydrogen-bond acceptors (Lipinski definition) is 3. The third kappa shape index (κ3) is 1.64.